The quantitative estimate of drug-likeness (QED) is 0.853. The summed E-state index contributed by atoms with van der Waals surface area (Å²) in [6.45, 7) is 5.98. The van der Waals surface area contributed by atoms with E-state index in [9.17, 15) is 0 Å². The molecule has 0 atom stereocenters. The molecule has 98 valence electrons. The molecule has 0 amide bonds. The summed E-state index contributed by atoms with van der Waals surface area (Å²) < 4.78 is 7.71. The van der Waals surface area contributed by atoms with Crippen molar-refractivity contribution in [3.8, 4) is 11.3 Å². The Morgan fingerprint density at radius 2 is 2.17 bits per heavy atom. The van der Waals surface area contributed by atoms with Gasteiger partial charge in [0.1, 0.15) is 11.5 Å². The standard InChI is InChI=1S/C14H21N3O/c1-4-6-13-12(10-17(3)16-13)14-8-7-11(18-14)9-15-5-2/h7-8,10,15H,4-6,9H2,1-3H3. The van der Waals surface area contributed by atoms with Crippen molar-refractivity contribution in [1.82, 2.24) is 15.1 Å². The first-order valence-electron chi connectivity index (χ1n) is 6.57. The molecule has 4 nitrogen and oxygen atoms in total. The van der Waals surface area contributed by atoms with Crippen molar-refractivity contribution in [2.45, 2.75) is 33.2 Å². The topological polar surface area (TPSA) is 43.0 Å². The maximum atomic E-state index is 5.86. The second-order valence-electron chi connectivity index (χ2n) is 4.46. The number of nitrogens with one attached hydrogen (secondary N) is 1. The minimum atomic E-state index is 0.778. The second kappa shape index (κ2) is 5.87. The second-order valence-corrected chi connectivity index (χ2v) is 4.46. The van der Waals surface area contributed by atoms with Crippen LogP contribution in [-0.4, -0.2) is 16.3 Å². The SMILES string of the molecule is CCCc1nn(C)cc1-c1ccc(CNCC)o1. The van der Waals surface area contributed by atoms with Gasteiger partial charge in [-0.05, 0) is 25.1 Å². The highest BCUT2D eigenvalue weighted by Gasteiger charge is 2.12. The van der Waals surface area contributed by atoms with Crippen LogP contribution >= 0.6 is 0 Å². The van der Waals surface area contributed by atoms with Crippen LogP contribution in [0.4, 0.5) is 0 Å². The molecule has 0 aliphatic carbocycles. The molecule has 18 heavy (non-hydrogen) atoms. The summed E-state index contributed by atoms with van der Waals surface area (Å²) >= 11 is 0. The third-order valence-electron chi connectivity index (χ3n) is 2.87. The number of hydrogen-bond donors (Lipinski definition) is 1. The average Bonchev–Trinajstić information content (AvgIpc) is 2.94. The fourth-order valence-corrected chi connectivity index (χ4v) is 2.03. The number of nitrogens with zero attached hydrogens (tertiary/aromatic N) is 2. The van der Waals surface area contributed by atoms with Gasteiger partial charge in [0.05, 0.1) is 17.8 Å². The predicted octanol–water partition coefficient (Wildman–Crippen LogP) is 2.74. The molecular weight excluding hydrogens is 226 g/mol. The smallest absolute Gasteiger partial charge is 0.137 e. The molecule has 0 saturated carbocycles. The van der Waals surface area contributed by atoms with Crippen molar-refractivity contribution in [2.75, 3.05) is 6.54 Å². The number of rotatable bonds is 6. The van der Waals surface area contributed by atoms with E-state index in [1.165, 1.54) is 0 Å². The van der Waals surface area contributed by atoms with E-state index in [0.29, 0.717) is 0 Å². The number of hydrogen-bond acceptors (Lipinski definition) is 3. The van der Waals surface area contributed by atoms with Crippen LogP contribution in [0.5, 0.6) is 0 Å². The fourth-order valence-electron chi connectivity index (χ4n) is 2.03. The van der Waals surface area contributed by atoms with Gasteiger partial charge in [-0.25, -0.2) is 0 Å². The highest BCUT2D eigenvalue weighted by atomic mass is 16.3. The minimum absolute atomic E-state index is 0.778. The Morgan fingerprint density at radius 3 is 2.89 bits per heavy atom. The van der Waals surface area contributed by atoms with Crippen molar-refractivity contribution in [1.29, 1.82) is 0 Å². The molecule has 4 heteroatoms. The average molecular weight is 247 g/mol. The normalized spacial score (nSPS) is 11.1. The zero-order valence-corrected chi connectivity index (χ0v) is 11.4. The fraction of sp³-hybridized carbons (Fsp3) is 0.500. The molecule has 0 bridgehead atoms. The maximum Gasteiger partial charge on any atom is 0.137 e. The van der Waals surface area contributed by atoms with Crippen LogP contribution in [0.25, 0.3) is 11.3 Å². The largest absolute Gasteiger partial charge is 0.460 e. The van der Waals surface area contributed by atoms with E-state index in [4.69, 9.17) is 4.42 Å². The first-order chi connectivity index (χ1) is 8.74. The first kappa shape index (κ1) is 12.9. The zero-order chi connectivity index (χ0) is 13.0. The summed E-state index contributed by atoms with van der Waals surface area (Å²) in [4.78, 5) is 0. The van der Waals surface area contributed by atoms with Crippen LogP contribution in [0.1, 0.15) is 31.7 Å². The Bertz CT molecular complexity index is 499. The molecule has 0 unspecified atom stereocenters. The van der Waals surface area contributed by atoms with Crippen LogP contribution in [0, 0.1) is 0 Å². The Kier molecular flexibility index (Phi) is 4.20. The molecule has 1 N–H and O–H groups in total. The van der Waals surface area contributed by atoms with Gasteiger partial charge in [0.25, 0.3) is 0 Å². The van der Waals surface area contributed by atoms with Gasteiger partial charge in [-0.15, -0.1) is 0 Å². The number of aromatic nitrogens is 2. The van der Waals surface area contributed by atoms with Crippen LogP contribution < -0.4 is 5.32 Å². The minimum Gasteiger partial charge on any atom is -0.460 e. The van der Waals surface area contributed by atoms with Gasteiger partial charge in [0, 0.05) is 13.2 Å². The lowest BCUT2D eigenvalue weighted by Gasteiger charge is -1.98. The van der Waals surface area contributed by atoms with Gasteiger partial charge in [-0.1, -0.05) is 20.3 Å². The van der Waals surface area contributed by atoms with Gasteiger partial charge in [0.15, 0.2) is 0 Å². The molecule has 2 heterocycles. The van der Waals surface area contributed by atoms with E-state index in [1.807, 2.05) is 30.1 Å². The van der Waals surface area contributed by atoms with Gasteiger partial charge < -0.3 is 9.73 Å². The number of furan rings is 1. The molecule has 2 aromatic heterocycles. The van der Waals surface area contributed by atoms with E-state index in [0.717, 1.165) is 48.7 Å². The van der Waals surface area contributed by atoms with Gasteiger partial charge in [0.2, 0.25) is 0 Å². The Morgan fingerprint density at radius 1 is 1.33 bits per heavy atom. The summed E-state index contributed by atoms with van der Waals surface area (Å²) in [7, 11) is 1.95. The van der Waals surface area contributed by atoms with E-state index < -0.39 is 0 Å². The molecule has 0 spiro atoms. The third-order valence-corrected chi connectivity index (χ3v) is 2.87. The summed E-state index contributed by atoms with van der Waals surface area (Å²) in [5.41, 5.74) is 2.23. The summed E-state index contributed by atoms with van der Waals surface area (Å²) in [5, 5.41) is 7.75. The Labute approximate surface area is 108 Å². The van der Waals surface area contributed by atoms with Crippen molar-refractivity contribution in [3.05, 3.63) is 29.8 Å². The lowest BCUT2D eigenvalue weighted by molar-refractivity contribution is 0.498. The third kappa shape index (κ3) is 2.82. The molecule has 2 rings (SSSR count). The summed E-state index contributed by atoms with van der Waals surface area (Å²) in [6, 6.07) is 4.06. The zero-order valence-electron chi connectivity index (χ0n) is 11.4. The van der Waals surface area contributed by atoms with E-state index >= 15 is 0 Å². The molecule has 0 aromatic carbocycles. The van der Waals surface area contributed by atoms with Crippen molar-refractivity contribution in [3.63, 3.8) is 0 Å². The molecule has 0 saturated heterocycles. The monoisotopic (exact) mass is 247 g/mol. The summed E-state index contributed by atoms with van der Waals surface area (Å²) in [6.07, 6.45) is 4.11. The number of aryl methyl sites for hydroxylation is 2. The Hall–Kier alpha value is -1.55. The lowest BCUT2D eigenvalue weighted by atomic mass is 10.1. The van der Waals surface area contributed by atoms with Crippen molar-refractivity contribution in [2.24, 2.45) is 7.05 Å². The molecule has 0 aliphatic rings. The van der Waals surface area contributed by atoms with E-state index in [1.54, 1.807) is 0 Å². The van der Waals surface area contributed by atoms with Crippen LogP contribution in [0.3, 0.4) is 0 Å². The van der Waals surface area contributed by atoms with Crippen LogP contribution in [-0.2, 0) is 20.0 Å². The van der Waals surface area contributed by atoms with Crippen molar-refractivity contribution < 1.29 is 4.42 Å². The molecule has 0 fully saturated rings. The lowest BCUT2D eigenvalue weighted by Crippen LogP contribution is -2.10. The highest BCUT2D eigenvalue weighted by molar-refractivity contribution is 5.59. The summed E-state index contributed by atoms with van der Waals surface area (Å²) in [5.74, 6) is 1.89. The van der Waals surface area contributed by atoms with Crippen LogP contribution in [0.15, 0.2) is 22.7 Å². The van der Waals surface area contributed by atoms with E-state index in [-0.39, 0.29) is 0 Å². The Balaban J connectivity index is 2.22. The molecule has 0 radical (unpaired) electrons. The highest BCUT2D eigenvalue weighted by Crippen LogP contribution is 2.25. The van der Waals surface area contributed by atoms with Gasteiger partial charge >= 0.3 is 0 Å². The molecule has 0 aliphatic heterocycles. The van der Waals surface area contributed by atoms with Gasteiger partial charge in [-0.3, -0.25) is 4.68 Å². The predicted molar refractivity (Wildman–Crippen MR) is 72.3 cm³/mol. The van der Waals surface area contributed by atoms with Gasteiger partial charge in [-0.2, -0.15) is 5.10 Å². The van der Waals surface area contributed by atoms with Crippen molar-refractivity contribution >= 4 is 0 Å². The molecular formula is C14H21N3O. The first-order valence-corrected chi connectivity index (χ1v) is 6.57. The molecule has 2 aromatic rings. The maximum absolute atomic E-state index is 5.86. The van der Waals surface area contributed by atoms with Crippen LogP contribution in [0.2, 0.25) is 0 Å². The van der Waals surface area contributed by atoms with E-state index in [2.05, 4.69) is 24.3 Å².